The smallest absolute Gasteiger partial charge is 0.402 e. The van der Waals surface area contributed by atoms with Crippen LogP contribution < -0.4 is 0 Å². The van der Waals surface area contributed by atoms with Crippen LogP contribution in [-0.4, -0.2) is 26.5 Å². The first-order valence-electron chi connectivity index (χ1n) is 4.57. The molecule has 0 spiro atoms. The minimum Gasteiger partial charge on any atom is -0.402 e. The second-order valence-electron chi connectivity index (χ2n) is 2.30. The molecule has 0 aliphatic rings. The lowest BCUT2D eigenvalue weighted by Gasteiger charge is -2.16. The van der Waals surface area contributed by atoms with Crippen molar-refractivity contribution in [2.75, 3.05) is 20.3 Å². The zero-order valence-corrected chi connectivity index (χ0v) is 11.9. The van der Waals surface area contributed by atoms with Gasteiger partial charge in [-0.05, 0) is 13.8 Å². The van der Waals surface area contributed by atoms with Crippen molar-refractivity contribution < 1.29 is 23.0 Å². The number of nitrogens with zero attached hydrogens (tertiary/aromatic N) is 1. The summed E-state index contributed by atoms with van der Waals surface area (Å²) < 4.78 is 26.8. The number of halogens is 1. The zero-order valence-electron chi connectivity index (χ0n) is 9.38. The first kappa shape index (κ1) is 15.6. The van der Waals surface area contributed by atoms with E-state index in [1.807, 2.05) is 0 Å². The number of phosphoric acid groups is 1. The van der Waals surface area contributed by atoms with E-state index in [2.05, 4.69) is 25.9 Å². The summed E-state index contributed by atoms with van der Waals surface area (Å²) in [7, 11) is -2.20. The molecule has 6 nitrogen and oxygen atoms in total. The highest BCUT2D eigenvalue weighted by atomic mass is 79.9. The Balaban J connectivity index is 4.59. The third kappa shape index (κ3) is 6.27. The van der Waals surface area contributed by atoms with Crippen molar-refractivity contribution >= 4 is 30.0 Å². The Kier molecular flexibility index (Phi) is 8.56. The van der Waals surface area contributed by atoms with Crippen LogP contribution >= 0.6 is 23.8 Å². The van der Waals surface area contributed by atoms with Crippen molar-refractivity contribution in [3.63, 3.8) is 0 Å². The molecular formula is C8H15BrNO5P. The van der Waals surface area contributed by atoms with Crippen LogP contribution in [0.4, 0.5) is 0 Å². The molecule has 0 aromatic heterocycles. The lowest BCUT2D eigenvalue weighted by molar-refractivity contribution is 0.149. The summed E-state index contributed by atoms with van der Waals surface area (Å²) in [6, 6.07) is 0. The fourth-order valence-corrected chi connectivity index (χ4v) is 2.24. The molecule has 0 radical (unpaired) electrons. The number of rotatable bonds is 8. The molecule has 0 aliphatic heterocycles. The molecule has 0 rings (SSSR count). The van der Waals surface area contributed by atoms with Gasteiger partial charge >= 0.3 is 7.82 Å². The highest BCUT2D eigenvalue weighted by molar-refractivity contribution is 9.11. The predicted molar refractivity (Wildman–Crippen MR) is 64.5 cm³/mol. The van der Waals surface area contributed by atoms with E-state index < -0.39 is 7.82 Å². The molecule has 0 fully saturated rings. The first-order chi connectivity index (χ1) is 7.61. The molecule has 8 heteroatoms. The van der Waals surface area contributed by atoms with Gasteiger partial charge < -0.3 is 9.36 Å². The van der Waals surface area contributed by atoms with Gasteiger partial charge in [0.15, 0.2) is 5.76 Å². The summed E-state index contributed by atoms with van der Waals surface area (Å²) in [6.07, 6.45) is 1.24. The highest BCUT2D eigenvalue weighted by Crippen LogP contribution is 2.50. The van der Waals surface area contributed by atoms with Gasteiger partial charge in [0.25, 0.3) is 0 Å². The summed E-state index contributed by atoms with van der Waals surface area (Å²) in [6.45, 7) is 3.81. The monoisotopic (exact) mass is 315 g/mol. The second kappa shape index (κ2) is 8.75. The van der Waals surface area contributed by atoms with Gasteiger partial charge in [-0.1, -0.05) is 21.1 Å². The van der Waals surface area contributed by atoms with Crippen molar-refractivity contribution in [1.29, 1.82) is 0 Å². The molecule has 0 bridgehead atoms. The summed E-state index contributed by atoms with van der Waals surface area (Å²) in [4.78, 5) is 5.85. The number of allylic oxidation sites excluding steroid dienone is 1. The molecule has 16 heavy (non-hydrogen) atoms. The Labute approximate surface area is 103 Å². The maximum Gasteiger partial charge on any atom is 0.530 e. The third-order valence-electron chi connectivity index (χ3n) is 1.18. The molecule has 0 heterocycles. The number of hydrogen-bond acceptors (Lipinski definition) is 6. The number of phosphoric ester groups is 1. The molecule has 0 atom stereocenters. The van der Waals surface area contributed by atoms with Crippen molar-refractivity contribution in [2.45, 2.75) is 13.8 Å². The van der Waals surface area contributed by atoms with Crippen LogP contribution in [0.1, 0.15) is 13.8 Å². The lowest BCUT2D eigenvalue weighted by atomic mass is 10.6. The van der Waals surface area contributed by atoms with Gasteiger partial charge in [-0.3, -0.25) is 9.05 Å². The van der Waals surface area contributed by atoms with Crippen LogP contribution in [-0.2, 0) is 23.0 Å². The van der Waals surface area contributed by atoms with Gasteiger partial charge in [0.2, 0.25) is 0 Å². The minimum atomic E-state index is -3.58. The average Bonchev–Trinajstić information content (AvgIpc) is 2.25. The van der Waals surface area contributed by atoms with E-state index in [0.29, 0.717) is 0 Å². The first-order valence-corrected chi connectivity index (χ1v) is 6.95. The largest absolute Gasteiger partial charge is 0.530 e. The van der Waals surface area contributed by atoms with E-state index in [0.717, 1.165) is 0 Å². The van der Waals surface area contributed by atoms with Gasteiger partial charge in [0, 0.05) is 4.99 Å². The van der Waals surface area contributed by atoms with E-state index in [-0.39, 0.29) is 19.0 Å². The molecule has 0 saturated carbocycles. The molecule has 0 N–H and O–H groups in total. The maximum absolute atomic E-state index is 11.9. The van der Waals surface area contributed by atoms with Gasteiger partial charge in [-0.25, -0.2) is 4.57 Å². The van der Waals surface area contributed by atoms with E-state index in [1.54, 1.807) is 13.8 Å². The van der Waals surface area contributed by atoms with Crippen LogP contribution in [0.25, 0.3) is 0 Å². The van der Waals surface area contributed by atoms with Crippen molar-refractivity contribution in [3.05, 3.63) is 10.7 Å². The molecule has 0 aromatic rings. The average molecular weight is 316 g/mol. The quantitative estimate of drug-likeness (QED) is 0.298. The zero-order chi connectivity index (χ0) is 12.4. The fourth-order valence-electron chi connectivity index (χ4n) is 0.712. The molecule has 0 unspecified atom stereocenters. The van der Waals surface area contributed by atoms with Crippen LogP contribution in [0.5, 0.6) is 0 Å². The second-order valence-corrected chi connectivity index (χ2v) is 4.35. The van der Waals surface area contributed by atoms with Crippen LogP contribution in [0.3, 0.4) is 0 Å². The van der Waals surface area contributed by atoms with Gasteiger partial charge in [-0.2, -0.15) is 0 Å². The lowest BCUT2D eigenvalue weighted by Crippen LogP contribution is -2.01. The van der Waals surface area contributed by atoms with Gasteiger partial charge in [0.05, 0.1) is 13.2 Å². The summed E-state index contributed by atoms with van der Waals surface area (Å²) in [5.41, 5.74) is 0. The molecule has 0 saturated heterocycles. The van der Waals surface area contributed by atoms with E-state index >= 15 is 0 Å². The topological polar surface area (TPSA) is 66.4 Å². The third-order valence-corrected chi connectivity index (χ3v) is 3.22. The molecule has 0 aromatic carbocycles. The molecule has 94 valence electrons. The fraction of sp³-hybridized carbons (Fsp3) is 0.625. The van der Waals surface area contributed by atoms with Crippen LogP contribution in [0, 0.1) is 0 Å². The molecule has 0 aliphatic carbocycles. The summed E-state index contributed by atoms with van der Waals surface area (Å²) >= 11 is 3.03. The highest BCUT2D eigenvalue weighted by Gasteiger charge is 2.27. The Bertz CT molecular complexity index is 284. The normalized spacial score (nSPS) is 13.1. The van der Waals surface area contributed by atoms with Crippen LogP contribution in [0.15, 0.2) is 15.9 Å². The van der Waals surface area contributed by atoms with Crippen molar-refractivity contribution in [1.82, 2.24) is 0 Å². The molecule has 0 amide bonds. The summed E-state index contributed by atoms with van der Waals surface area (Å²) in [5.74, 6) is 0.173. The Hall–Kier alpha value is -0.360. The molecular weight excluding hydrogens is 301 g/mol. The van der Waals surface area contributed by atoms with Gasteiger partial charge in [0.1, 0.15) is 13.3 Å². The Morgan fingerprint density at radius 3 is 2.31 bits per heavy atom. The van der Waals surface area contributed by atoms with E-state index in [9.17, 15) is 4.57 Å². The predicted octanol–water partition coefficient (Wildman–Crippen LogP) is 3.05. The van der Waals surface area contributed by atoms with Crippen LogP contribution in [0.2, 0.25) is 0 Å². The minimum absolute atomic E-state index is 0.173. The van der Waals surface area contributed by atoms with E-state index in [1.165, 1.54) is 18.3 Å². The van der Waals surface area contributed by atoms with E-state index in [4.69, 9.17) is 13.6 Å². The SMILES string of the molecule is CCOP(=O)(OCC)OC(=C\Br)/C=N/OC. The number of oxime groups is 1. The summed E-state index contributed by atoms with van der Waals surface area (Å²) in [5, 5.41) is 3.47. The maximum atomic E-state index is 11.9. The van der Waals surface area contributed by atoms with Crippen molar-refractivity contribution in [2.24, 2.45) is 5.16 Å². The van der Waals surface area contributed by atoms with Crippen molar-refractivity contribution in [3.8, 4) is 0 Å². The Morgan fingerprint density at radius 2 is 1.94 bits per heavy atom. The number of hydrogen-bond donors (Lipinski definition) is 0. The standard InChI is InChI=1S/C8H15BrNO5P/c1-4-13-16(11,14-5-2)15-8(6-9)7-10-12-3/h6-7H,4-5H2,1-3H3/b8-6-,10-7+. The van der Waals surface area contributed by atoms with Gasteiger partial charge in [-0.15, -0.1) is 0 Å². The Morgan fingerprint density at radius 1 is 1.38 bits per heavy atom.